The average Bonchev–Trinajstić information content (AvgIpc) is 3.55. The molecule has 3 heterocycles. The van der Waals surface area contributed by atoms with E-state index in [1.54, 1.807) is 7.05 Å². The molecule has 0 saturated carbocycles. The highest BCUT2D eigenvalue weighted by Crippen LogP contribution is 2.38. The molecule has 0 bridgehead atoms. The molecule has 39 heavy (non-hydrogen) atoms. The fraction of sp³-hybridized carbons (Fsp3) is 0.345. The molecule has 1 aromatic heterocycles. The van der Waals surface area contributed by atoms with Crippen LogP contribution in [0.5, 0.6) is 11.5 Å². The Hall–Kier alpha value is -3.92. The van der Waals surface area contributed by atoms with Crippen molar-refractivity contribution >= 4 is 44.3 Å². The average molecular weight is 549 g/mol. The number of ether oxygens (including phenoxy) is 3. The minimum absolute atomic E-state index is 0.0618. The number of aromatic nitrogens is 1. The highest BCUT2D eigenvalue weighted by molar-refractivity contribution is 7.91. The van der Waals surface area contributed by atoms with Crippen molar-refractivity contribution in [3.63, 3.8) is 0 Å². The second-order valence-electron chi connectivity index (χ2n) is 10.1. The zero-order valence-electron chi connectivity index (χ0n) is 21.5. The second-order valence-corrected chi connectivity index (χ2v) is 12.3. The van der Waals surface area contributed by atoms with Crippen LogP contribution in [0, 0.1) is 0 Å². The lowest BCUT2D eigenvalue weighted by Crippen LogP contribution is -2.40. The van der Waals surface area contributed by atoms with Gasteiger partial charge in [-0.05, 0) is 66.7 Å². The molecule has 2 aliphatic heterocycles. The van der Waals surface area contributed by atoms with Crippen LogP contribution in [0.1, 0.15) is 46.4 Å². The third-order valence-electron chi connectivity index (χ3n) is 7.59. The first-order valence-electron chi connectivity index (χ1n) is 12.9. The molecule has 10 heteroatoms. The Morgan fingerprint density at radius 3 is 2.77 bits per heavy atom. The van der Waals surface area contributed by atoms with Crippen LogP contribution in [0.25, 0.3) is 22.6 Å². The first-order valence-corrected chi connectivity index (χ1v) is 14.8. The maximum Gasteiger partial charge on any atom is 0.339 e. The molecule has 1 saturated heterocycles. The van der Waals surface area contributed by atoms with Gasteiger partial charge in [-0.3, -0.25) is 4.79 Å². The summed E-state index contributed by atoms with van der Waals surface area (Å²) in [5.41, 5.74) is 4.60. The maximum atomic E-state index is 13.5. The molecule has 1 amide bonds. The van der Waals surface area contributed by atoms with Gasteiger partial charge in [-0.1, -0.05) is 24.3 Å². The summed E-state index contributed by atoms with van der Waals surface area (Å²) < 4.78 is 40.1. The molecular formula is C29H28N2O7S. The van der Waals surface area contributed by atoms with Gasteiger partial charge in [0.05, 0.1) is 28.3 Å². The van der Waals surface area contributed by atoms with Crippen molar-refractivity contribution in [3.05, 3.63) is 64.8 Å². The summed E-state index contributed by atoms with van der Waals surface area (Å²) in [6.45, 7) is -0.257. The second kappa shape index (κ2) is 10.00. The maximum absolute atomic E-state index is 13.5. The number of benzene rings is 2. The molecule has 1 aliphatic carbocycles. The number of allylic oxidation sites excluding steroid dienone is 1. The Labute approximate surface area is 226 Å². The van der Waals surface area contributed by atoms with Crippen LogP contribution in [0.2, 0.25) is 0 Å². The predicted octanol–water partition coefficient (Wildman–Crippen LogP) is 3.64. The van der Waals surface area contributed by atoms with Gasteiger partial charge in [-0.2, -0.15) is 0 Å². The molecular weight excluding hydrogens is 520 g/mol. The van der Waals surface area contributed by atoms with Crippen molar-refractivity contribution in [2.24, 2.45) is 0 Å². The Kier molecular flexibility index (Phi) is 6.50. The molecule has 2 aromatic carbocycles. The first kappa shape index (κ1) is 25.4. The van der Waals surface area contributed by atoms with E-state index in [1.807, 2.05) is 42.5 Å². The number of para-hydroxylation sites is 1. The molecule has 202 valence electrons. The van der Waals surface area contributed by atoms with E-state index >= 15 is 0 Å². The van der Waals surface area contributed by atoms with Crippen molar-refractivity contribution in [2.45, 2.75) is 31.7 Å². The van der Waals surface area contributed by atoms with Crippen molar-refractivity contribution in [3.8, 4) is 11.5 Å². The van der Waals surface area contributed by atoms with Crippen molar-refractivity contribution in [1.82, 2.24) is 9.88 Å². The van der Waals surface area contributed by atoms with Crippen LogP contribution in [0.4, 0.5) is 0 Å². The van der Waals surface area contributed by atoms with Crippen LogP contribution in [0.15, 0.2) is 42.5 Å². The Bertz CT molecular complexity index is 1630. The van der Waals surface area contributed by atoms with E-state index in [1.165, 1.54) is 4.90 Å². The molecule has 0 spiro atoms. The fourth-order valence-electron chi connectivity index (χ4n) is 5.50. The summed E-state index contributed by atoms with van der Waals surface area (Å²) >= 11 is 0. The quantitative estimate of drug-likeness (QED) is 0.445. The summed E-state index contributed by atoms with van der Waals surface area (Å²) in [6.07, 6.45) is 4.74. The van der Waals surface area contributed by atoms with Crippen LogP contribution in [-0.4, -0.2) is 68.2 Å². The van der Waals surface area contributed by atoms with Gasteiger partial charge < -0.3 is 19.1 Å². The molecule has 0 N–H and O–H groups in total. The van der Waals surface area contributed by atoms with Gasteiger partial charge in [-0.15, -0.1) is 0 Å². The molecule has 3 aromatic rings. The molecule has 3 aliphatic rings. The minimum Gasteiger partial charge on any atom is -0.454 e. The molecule has 0 radical (unpaired) electrons. The number of carbonyl (C=O) groups is 2. The number of pyridine rings is 1. The van der Waals surface area contributed by atoms with E-state index in [9.17, 15) is 18.0 Å². The van der Waals surface area contributed by atoms with Gasteiger partial charge in [0.15, 0.2) is 27.9 Å². The summed E-state index contributed by atoms with van der Waals surface area (Å²) in [5, 5.41) is 0.674. The van der Waals surface area contributed by atoms with Crippen molar-refractivity contribution in [2.75, 3.05) is 32.0 Å². The lowest BCUT2D eigenvalue weighted by atomic mass is 9.86. The smallest absolute Gasteiger partial charge is 0.339 e. The van der Waals surface area contributed by atoms with Gasteiger partial charge >= 0.3 is 5.97 Å². The Balaban J connectivity index is 1.30. The number of hydrogen-bond acceptors (Lipinski definition) is 8. The topological polar surface area (TPSA) is 112 Å². The normalized spacial score (nSPS) is 20.1. The number of carbonyl (C=O) groups excluding carboxylic acids is 2. The van der Waals surface area contributed by atoms with Crippen LogP contribution in [-0.2, 0) is 25.8 Å². The molecule has 9 nitrogen and oxygen atoms in total. The van der Waals surface area contributed by atoms with Crippen molar-refractivity contribution in [1.29, 1.82) is 0 Å². The summed E-state index contributed by atoms with van der Waals surface area (Å²) in [4.78, 5) is 32.6. The molecule has 1 unspecified atom stereocenters. The van der Waals surface area contributed by atoms with E-state index < -0.39 is 34.4 Å². The number of nitrogens with zero attached hydrogens (tertiary/aromatic N) is 2. The summed E-state index contributed by atoms with van der Waals surface area (Å²) in [7, 11) is -1.59. The summed E-state index contributed by atoms with van der Waals surface area (Å²) in [6, 6.07) is 12.8. The summed E-state index contributed by atoms with van der Waals surface area (Å²) in [5.74, 6) is 0.387. The number of likely N-dealkylation sites (N-methyl/N-ethyl adjacent to an activating group) is 1. The lowest BCUT2D eigenvalue weighted by molar-refractivity contribution is -0.134. The van der Waals surface area contributed by atoms with Gasteiger partial charge in [0.25, 0.3) is 5.91 Å². The molecule has 6 rings (SSSR count). The number of fused-ring (bicyclic) bond motifs is 3. The van der Waals surface area contributed by atoms with Crippen molar-refractivity contribution < 1.29 is 32.2 Å². The van der Waals surface area contributed by atoms with E-state index in [2.05, 4.69) is 6.08 Å². The largest absolute Gasteiger partial charge is 0.454 e. The molecule has 1 atom stereocenters. The van der Waals surface area contributed by atoms with Crippen LogP contribution in [0.3, 0.4) is 0 Å². The number of esters is 1. The minimum atomic E-state index is -3.14. The van der Waals surface area contributed by atoms with Crippen LogP contribution < -0.4 is 9.47 Å². The van der Waals surface area contributed by atoms with Gasteiger partial charge in [0.1, 0.15) is 0 Å². The van der Waals surface area contributed by atoms with Gasteiger partial charge in [0.2, 0.25) is 6.79 Å². The SMILES string of the molecule is CN(C(=O)COC(=O)c1c2c(nc3ccccc13)C(=Cc1ccc3c(c1)OCO3)CCC2)C1CCS(=O)(=O)C1. The van der Waals surface area contributed by atoms with E-state index in [0.717, 1.165) is 35.2 Å². The highest BCUT2D eigenvalue weighted by Gasteiger charge is 2.33. The van der Waals surface area contributed by atoms with E-state index in [4.69, 9.17) is 19.2 Å². The Morgan fingerprint density at radius 1 is 1.13 bits per heavy atom. The molecule has 1 fully saturated rings. The predicted molar refractivity (Wildman–Crippen MR) is 145 cm³/mol. The highest BCUT2D eigenvalue weighted by atomic mass is 32.2. The standard InChI is InChI=1S/C29H28N2O7S/c1-31(20-11-12-39(34,35)16-20)26(32)15-36-29(33)27-21-6-2-3-8-23(21)30-28-19(5-4-7-22(27)28)13-18-9-10-24-25(14-18)38-17-37-24/h2-3,6,8-10,13-14,20H,4-5,7,11-12,15-17H2,1H3. The van der Waals surface area contributed by atoms with E-state index in [-0.39, 0.29) is 18.3 Å². The number of sulfone groups is 1. The Morgan fingerprint density at radius 2 is 1.95 bits per heavy atom. The number of hydrogen-bond donors (Lipinski definition) is 0. The number of amides is 1. The zero-order chi connectivity index (χ0) is 27.1. The monoisotopic (exact) mass is 548 g/mol. The van der Waals surface area contributed by atoms with Crippen LogP contribution >= 0.6 is 0 Å². The first-order chi connectivity index (χ1) is 18.8. The zero-order valence-corrected chi connectivity index (χ0v) is 22.3. The third kappa shape index (κ3) is 4.96. The lowest BCUT2D eigenvalue weighted by Gasteiger charge is -2.24. The van der Waals surface area contributed by atoms with Gasteiger partial charge in [0, 0.05) is 18.5 Å². The van der Waals surface area contributed by atoms with E-state index in [0.29, 0.717) is 40.8 Å². The van der Waals surface area contributed by atoms with Gasteiger partial charge in [-0.25, -0.2) is 18.2 Å². The third-order valence-corrected chi connectivity index (χ3v) is 9.34. The number of rotatable bonds is 5. The fourth-order valence-corrected chi connectivity index (χ4v) is 7.27.